The molecule has 118 valence electrons. The SMILES string of the molecule is CC(C)Nc1cnnc(Nc2cc(C(F)(F)F)ccc2Cl)n1. The van der Waals surface area contributed by atoms with Crippen molar-refractivity contribution in [2.24, 2.45) is 0 Å². The predicted molar refractivity (Wildman–Crippen MR) is 78.3 cm³/mol. The fourth-order valence-corrected chi connectivity index (χ4v) is 1.80. The Balaban J connectivity index is 2.27. The summed E-state index contributed by atoms with van der Waals surface area (Å²) >= 11 is 5.90. The summed E-state index contributed by atoms with van der Waals surface area (Å²) in [5.41, 5.74) is -0.760. The minimum atomic E-state index is -4.46. The van der Waals surface area contributed by atoms with Crippen molar-refractivity contribution in [3.05, 3.63) is 35.0 Å². The number of rotatable bonds is 4. The second-order valence-corrected chi connectivity index (χ2v) is 5.19. The van der Waals surface area contributed by atoms with E-state index in [1.165, 1.54) is 6.20 Å². The highest BCUT2D eigenvalue weighted by molar-refractivity contribution is 6.33. The van der Waals surface area contributed by atoms with Crippen molar-refractivity contribution in [3.63, 3.8) is 0 Å². The first-order valence-electron chi connectivity index (χ1n) is 6.36. The molecule has 2 rings (SSSR count). The molecule has 0 bridgehead atoms. The summed E-state index contributed by atoms with van der Waals surface area (Å²) in [6.07, 6.45) is -3.04. The van der Waals surface area contributed by atoms with Gasteiger partial charge in [0, 0.05) is 6.04 Å². The fourth-order valence-electron chi connectivity index (χ4n) is 1.64. The molecule has 1 aromatic carbocycles. The molecule has 0 aliphatic rings. The summed E-state index contributed by atoms with van der Waals surface area (Å²) in [6, 6.07) is 3.09. The highest BCUT2D eigenvalue weighted by atomic mass is 35.5. The quantitative estimate of drug-likeness (QED) is 0.883. The smallest absolute Gasteiger partial charge is 0.366 e. The third-order valence-corrected chi connectivity index (χ3v) is 2.87. The molecule has 0 aliphatic heterocycles. The van der Waals surface area contributed by atoms with E-state index in [1.54, 1.807) is 0 Å². The lowest BCUT2D eigenvalue weighted by Crippen LogP contribution is -2.12. The van der Waals surface area contributed by atoms with Crippen molar-refractivity contribution in [3.8, 4) is 0 Å². The van der Waals surface area contributed by atoms with Crippen molar-refractivity contribution in [2.75, 3.05) is 10.6 Å². The summed E-state index contributed by atoms with van der Waals surface area (Å²) in [5, 5.41) is 13.2. The molecule has 0 unspecified atom stereocenters. The van der Waals surface area contributed by atoms with Crippen molar-refractivity contribution in [1.29, 1.82) is 0 Å². The van der Waals surface area contributed by atoms with Crippen LogP contribution in [0.4, 0.5) is 30.6 Å². The number of hydrogen-bond acceptors (Lipinski definition) is 5. The van der Waals surface area contributed by atoms with Gasteiger partial charge in [-0.1, -0.05) is 11.6 Å². The molecule has 5 nitrogen and oxygen atoms in total. The zero-order chi connectivity index (χ0) is 16.3. The summed E-state index contributed by atoms with van der Waals surface area (Å²) < 4.78 is 38.2. The zero-order valence-corrected chi connectivity index (χ0v) is 12.5. The molecule has 0 spiro atoms. The van der Waals surface area contributed by atoms with Gasteiger partial charge >= 0.3 is 6.18 Å². The molecular weight excluding hydrogens is 319 g/mol. The monoisotopic (exact) mass is 331 g/mol. The Bertz CT molecular complexity index is 660. The minimum Gasteiger partial charge on any atom is -0.366 e. The molecule has 0 aliphatic carbocycles. The average Bonchev–Trinajstić information content (AvgIpc) is 2.39. The predicted octanol–water partition coefficient (Wildman–Crippen LogP) is 4.11. The van der Waals surface area contributed by atoms with Crippen LogP contribution in [0.5, 0.6) is 0 Å². The molecule has 1 aromatic heterocycles. The fraction of sp³-hybridized carbons (Fsp3) is 0.308. The van der Waals surface area contributed by atoms with Gasteiger partial charge in [0.05, 0.1) is 22.5 Å². The van der Waals surface area contributed by atoms with E-state index in [0.717, 1.165) is 18.2 Å². The first kappa shape index (κ1) is 16.3. The summed E-state index contributed by atoms with van der Waals surface area (Å²) in [4.78, 5) is 4.11. The number of nitrogens with zero attached hydrogens (tertiary/aromatic N) is 3. The maximum atomic E-state index is 12.7. The molecule has 0 saturated heterocycles. The Morgan fingerprint density at radius 3 is 2.59 bits per heavy atom. The highest BCUT2D eigenvalue weighted by Gasteiger charge is 2.31. The topological polar surface area (TPSA) is 62.7 Å². The second-order valence-electron chi connectivity index (χ2n) is 4.78. The maximum Gasteiger partial charge on any atom is 0.416 e. The number of hydrogen-bond donors (Lipinski definition) is 2. The number of aromatic nitrogens is 3. The van der Waals surface area contributed by atoms with Gasteiger partial charge in [0.25, 0.3) is 0 Å². The van der Waals surface area contributed by atoms with E-state index in [-0.39, 0.29) is 22.7 Å². The van der Waals surface area contributed by atoms with Crippen molar-refractivity contribution in [1.82, 2.24) is 15.2 Å². The summed E-state index contributed by atoms with van der Waals surface area (Å²) in [6.45, 7) is 3.83. The van der Waals surface area contributed by atoms with Crippen LogP contribution in [0.15, 0.2) is 24.4 Å². The van der Waals surface area contributed by atoms with E-state index in [4.69, 9.17) is 11.6 Å². The van der Waals surface area contributed by atoms with Crippen molar-refractivity contribution in [2.45, 2.75) is 26.1 Å². The van der Waals surface area contributed by atoms with Crippen LogP contribution in [0, 0.1) is 0 Å². The Labute approximate surface area is 129 Å². The molecule has 0 atom stereocenters. The second kappa shape index (κ2) is 6.35. The minimum absolute atomic E-state index is 0.0480. The third kappa shape index (κ3) is 4.20. The molecule has 1 heterocycles. The Kier molecular flexibility index (Phi) is 4.70. The summed E-state index contributed by atoms with van der Waals surface area (Å²) in [7, 11) is 0. The zero-order valence-electron chi connectivity index (χ0n) is 11.7. The lowest BCUT2D eigenvalue weighted by molar-refractivity contribution is -0.137. The van der Waals surface area contributed by atoms with Gasteiger partial charge in [-0.2, -0.15) is 23.3 Å². The van der Waals surface area contributed by atoms with Crippen LogP contribution in [-0.2, 0) is 6.18 Å². The van der Waals surface area contributed by atoms with Gasteiger partial charge in [-0.3, -0.25) is 0 Å². The van der Waals surface area contributed by atoms with Crippen LogP contribution in [-0.4, -0.2) is 21.2 Å². The Hall–Kier alpha value is -2.09. The maximum absolute atomic E-state index is 12.7. The molecule has 0 fully saturated rings. The van der Waals surface area contributed by atoms with E-state index < -0.39 is 11.7 Å². The lowest BCUT2D eigenvalue weighted by Gasteiger charge is -2.12. The lowest BCUT2D eigenvalue weighted by atomic mass is 10.2. The first-order valence-corrected chi connectivity index (χ1v) is 6.73. The van der Waals surface area contributed by atoms with E-state index in [0.29, 0.717) is 5.82 Å². The van der Waals surface area contributed by atoms with Gasteiger partial charge < -0.3 is 10.6 Å². The van der Waals surface area contributed by atoms with Gasteiger partial charge in [-0.15, -0.1) is 5.10 Å². The van der Waals surface area contributed by atoms with E-state index in [1.807, 2.05) is 13.8 Å². The van der Waals surface area contributed by atoms with Gasteiger partial charge in [0.2, 0.25) is 5.95 Å². The molecule has 22 heavy (non-hydrogen) atoms. The van der Waals surface area contributed by atoms with E-state index in [2.05, 4.69) is 25.8 Å². The number of nitrogens with one attached hydrogen (secondary N) is 2. The van der Waals surface area contributed by atoms with Gasteiger partial charge in [0.15, 0.2) is 5.82 Å². The molecule has 2 aromatic rings. The number of anilines is 3. The van der Waals surface area contributed by atoms with Crippen LogP contribution >= 0.6 is 11.6 Å². The molecule has 9 heteroatoms. The number of halogens is 4. The van der Waals surface area contributed by atoms with Gasteiger partial charge in [0.1, 0.15) is 0 Å². The molecule has 0 radical (unpaired) electrons. The molecule has 0 amide bonds. The largest absolute Gasteiger partial charge is 0.416 e. The van der Waals surface area contributed by atoms with Gasteiger partial charge in [-0.05, 0) is 32.0 Å². The standard InChI is InChI=1S/C13H13ClF3N5/c1-7(2)19-11-6-18-22-12(21-11)20-10-5-8(13(15,16)17)3-4-9(10)14/h3-7H,1-2H3,(H2,19,20,21,22). The van der Waals surface area contributed by atoms with Crippen LogP contribution < -0.4 is 10.6 Å². The molecule has 0 saturated carbocycles. The normalized spacial score (nSPS) is 11.6. The number of benzene rings is 1. The van der Waals surface area contributed by atoms with Crippen LogP contribution in [0.25, 0.3) is 0 Å². The van der Waals surface area contributed by atoms with E-state index >= 15 is 0 Å². The first-order chi connectivity index (χ1) is 10.3. The van der Waals surface area contributed by atoms with Crippen LogP contribution in [0.2, 0.25) is 5.02 Å². The average molecular weight is 332 g/mol. The Morgan fingerprint density at radius 1 is 1.23 bits per heavy atom. The third-order valence-electron chi connectivity index (χ3n) is 2.54. The Morgan fingerprint density at radius 2 is 1.95 bits per heavy atom. The van der Waals surface area contributed by atoms with Crippen molar-refractivity contribution >= 4 is 29.1 Å². The summed E-state index contributed by atoms with van der Waals surface area (Å²) in [5.74, 6) is 0.502. The van der Waals surface area contributed by atoms with Crippen LogP contribution in [0.1, 0.15) is 19.4 Å². The number of alkyl halides is 3. The molecular formula is C13H13ClF3N5. The van der Waals surface area contributed by atoms with Crippen LogP contribution in [0.3, 0.4) is 0 Å². The highest BCUT2D eigenvalue weighted by Crippen LogP contribution is 2.34. The van der Waals surface area contributed by atoms with Gasteiger partial charge in [-0.25, -0.2) is 0 Å². The molecule has 2 N–H and O–H groups in total. The van der Waals surface area contributed by atoms with Crippen molar-refractivity contribution < 1.29 is 13.2 Å². The van der Waals surface area contributed by atoms with E-state index in [9.17, 15) is 13.2 Å².